The second kappa shape index (κ2) is 6.75. The fourth-order valence-electron chi connectivity index (χ4n) is 3.69. The SMILES string of the molecule is OCc1cccc(-c2c(CN3CCCCC3)[nH]c3ncccc23)c1. The molecule has 0 aliphatic carbocycles. The third kappa shape index (κ3) is 2.95. The van der Waals surface area contributed by atoms with Crippen LogP contribution in [0.2, 0.25) is 0 Å². The van der Waals surface area contributed by atoms with Crippen LogP contribution < -0.4 is 0 Å². The molecule has 0 unspecified atom stereocenters. The number of benzene rings is 1. The van der Waals surface area contributed by atoms with Gasteiger partial charge in [0.15, 0.2) is 0 Å². The van der Waals surface area contributed by atoms with Crippen LogP contribution in [0.4, 0.5) is 0 Å². The molecular weight excluding hydrogens is 298 g/mol. The molecule has 1 saturated heterocycles. The van der Waals surface area contributed by atoms with Crippen LogP contribution in [-0.2, 0) is 13.2 Å². The Balaban J connectivity index is 1.80. The summed E-state index contributed by atoms with van der Waals surface area (Å²) in [7, 11) is 0. The van der Waals surface area contributed by atoms with Crippen LogP contribution in [-0.4, -0.2) is 33.1 Å². The molecule has 124 valence electrons. The lowest BCUT2D eigenvalue weighted by molar-refractivity contribution is 0.219. The van der Waals surface area contributed by atoms with E-state index < -0.39 is 0 Å². The van der Waals surface area contributed by atoms with Crippen molar-refractivity contribution in [1.29, 1.82) is 0 Å². The Kier molecular flexibility index (Phi) is 4.32. The third-order valence-electron chi connectivity index (χ3n) is 4.88. The van der Waals surface area contributed by atoms with Gasteiger partial charge in [-0.1, -0.05) is 24.6 Å². The molecule has 2 aromatic heterocycles. The number of likely N-dealkylation sites (tertiary alicyclic amines) is 1. The number of aromatic nitrogens is 2. The zero-order valence-electron chi connectivity index (χ0n) is 13.8. The number of piperidine rings is 1. The third-order valence-corrected chi connectivity index (χ3v) is 4.88. The molecule has 1 aromatic carbocycles. The molecule has 3 heterocycles. The average Bonchev–Trinajstić information content (AvgIpc) is 3.00. The Morgan fingerprint density at radius 2 is 1.96 bits per heavy atom. The molecule has 1 aliphatic rings. The second-order valence-corrected chi connectivity index (χ2v) is 6.57. The van der Waals surface area contributed by atoms with Gasteiger partial charge in [0.2, 0.25) is 0 Å². The van der Waals surface area contributed by atoms with Crippen molar-refractivity contribution in [3.63, 3.8) is 0 Å². The highest BCUT2D eigenvalue weighted by atomic mass is 16.3. The average molecular weight is 321 g/mol. The number of rotatable bonds is 4. The van der Waals surface area contributed by atoms with E-state index in [1.807, 2.05) is 24.4 Å². The maximum Gasteiger partial charge on any atom is 0.138 e. The topological polar surface area (TPSA) is 52.1 Å². The number of hydrogen-bond donors (Lipinski definition) is 2. The standard InChI is InChI=1S/C20H23N3O/c24-14-15-6-4-7-16(12-15)19-17-8-5-9-21-20(17)22-18(19)13-23-10-2-1-3-11-23/h4-9,12,24H,1-3,10-11,13-14H2,(H,21,22). The summed E-state index contributed by atoms with van der Waals surface area (Å²) in [6.07, 6.45) is 5.75. The van der Waals surface area contributed by atoms with Crippen molar-refractivity contribution in [1.82, 2.24) is 14.9 Å². The van der Waals surface area contributed by atoms with E-state index in [4.69, 9.17) is 0 Å². The van der Waals surface area contributed by atoms with E-state index in [1.165, 1.54) is 43.6 Å². The lowest BCUT2D eigenvalue weighted by Crippen LogP contribution is -2.29. The minimum Gasteiger partial charge on any atom is -0.392 e. The van der Waals surface area contributed by atoms with Gasteiger partial charge < -0.3 is 10.1 Å². The number of nitrogens with one attached hydrogen (secondary N) is 1. The van der Waals surface area contributed by atoms with E-state index in [0.717, 1.165) is 28.7 Å². The number of H-pyrrole nitrogens is 1. The highest BCUT2D eigenvalue weighted by molar-refractivity contribution is 5.95. The lowest BCUT2D eigenvalue weighted by Gasteiger charge is -2.26. The van der Waals surface area contributed by atoms with Crippen molar-refractivity contribution in [2.45, 2.75) is 32.4 Å². The van der Waals surface area contributed by atoms with Gasteiger partial charge in [0, 0.05) is 29.4 Å². The van der Waals surface area contributed by atoms with Crippen LogP contribution in [0.1, 0.15) is 30.5 Å². The molecule has 0 atom stereocenters. The Morgan fingerprint density at radius 1 is 1.08 bits per heavy atom. The monoisotopic (exact) mass is 321 g/mol. The number of hydrogen-bond acceptors (Lipinski definition) is 3. The summed E-state index contributed by atoms with van der Waals surface area (Å²) in [6.45, 7) is 3.32. The zero-order chi connectivity index (χ0) is 16.4. The van der Waals surface area contributed by atoms with Crippen molar-refractivity contribution >= 4 is 11.0 Å². The molecular formula is C20H23N3O. The summed E-state index contributed by atoms with van der Waals surface area (Å²) in [4.78, 5) is 10.6. The largest absolute Gasteiger partial charge is 0.392 e. The first-order chi connectivity index (χ1) is 11.8. The van der Waals surface area contributed by atoms with Gasteiger partial charge in [-0.2, -0.15) is 0 Å². The predicted octanol–water partition coefficient (Wildman–Crippen LogP) is 3.71. The Bertz CT molecular complexity index is 834. The molecule has 4 heteroatoms. The number of aliphatic hydroxyl groups excluding tert-OH is 1. The van der Waals surface area contributed by atoms with Gasteiger partial charge in [0.25, 0.3) is 0 Å². The normalized spacial score (nSPS) is 15.9. The minimum absolute atomic E-state index is 0.0654. The quantitative estimate of drug-likeness (QED) is 0.770. The van der Waals surface area contributed by atoms with E-state index in [-0.39, 0.29) is 6.61 Å². The van der Waals surface area contributed by atoms with Crippen molar-refractivity contribution in [2.24, 2.45) is 0 Å². The summed E-state index contributed by atoms with van der Waals surface area (Å²) in [6, 6.07) is 12.3. The van der Waals surface area contributed by atoms with Crippen LogP contribution in [0.3, 0.4) is 0 Å². The fraction of sp³-hybridized carbons (Fsp3) is 0.350. The van der Waals surface area contributed by atoms with Gasteiger partial charge in [-0.05, 0) is 55.3 Å². The Hall–Kier alpha value is -2.17. The van der Waals surface area contributed by atoms with E-state index in [9.17, 15) is 5.11 Å². The highest BCUT2D eigenvalue weighted by Crippen LogP contribution is 2.33. The summed E-state index contributed by atoms with van der Waals surface area (Å²) in [5.74, 6) is 0. The fourth-order valence-corrected chi connectivity index (χ4v) is 3.69. The van der Waals surface area contributed by atoms with Crippen LogP contribution in [0, 0.1) is 0 Å². The molecule has 0 bridgehead atoms. The molecule has 3 aromatic rings. The van der Waals surface area contributed by atoms with E-state index in [2.05, 4.69) is 33.1 Å². The van der Waals surface area contributed by atoms with Crippen molar-refractivity contribution < 1.29 is 5.11 Å². The van der Waals surface area contributed by atoms with Gasteiger partial charge in [-0.3, -0.25) is 4.90 Å². The highest BCUT2D eigenvalue weighted by Gasteiger charge is 2.18. The molecule has 4 nitrogen and oxygen atoms in total. The van der Waals surface area contributed by atoms with E-state index in [1.54, 1.807) is 0 Å². The molecule has 1 aliphatic heterocycles. The summed E-state index contributed by atoms with van der Waals surface area (Å²) in [5.41, 5.74) is 5.47. The minimum atomic E-state index is 0.0654. The smallest absolute Gasteiger partial charge is 0.138 e. The maximum atomic E-state index is 9.47. The lowest BCUT2D eigenvalue weighted by atomic mass is 10.00. The van der Waals surface area contributed by atoms with Gasteiger partial charge in [-0.15, -0.1) is 0 Å². The zero-order valence-corrected chi connectivity index (χ0v) is 13.8. The summed E-state index contributed by atoms with van der Waals surface area (Å²) >= 11 is 0. The number of nitrogens with zero attached hydrogens (tertiary/aromatic N) is 2. The maximum absolute atomic E-state index is 9.47. The molecule has 1 fully saturated rings. The van der Waals surface area contributed by atoms with Crippen LogP contribution in [0.5, 0.6) is 0 Å². The van der Waals surface area contributed by atoms with Crippen molar-refractivity contribution in [3.05, 3.63) is 53.9 Å². The van der Waals surface area contributed by atoms with E-state index in [0.29, 0.717) is 0 Å². The Labute approximate surface area is 142 Å². The van der Waals surface area contributed by atoms with Gasteiger partial charge in [0.05, 0.1) is 6.61 Å². The van der Waals surface area contributed by atoms with Crippen molar-refractivity contribution in [2.75, 3.05) is 13.1 Å². The Morgan fingerprint density at radius 3 is 2.79 bits per heavy atom. The molecule has 4 rings (SSSR count). The van der Waals surface area contributed by atoms with Crippen LogP contribution in [0.15, 0.2) is 42.6 Å². The summed E-state index contributed by atoms with van der Waals surface area (Å²) in [5, 5.41) is 10.6. The molecule has 0 radical (unpaired) electrons. The molecule has 24 heavy (non-hydrogen) atoms. The van der Waals surface area contributed by atoms with Crippen LogP contribution >= 0.6 is 0 Å². The first-order valence-electron chi connectivity index (χ1n) is 8.73. The van der Waals surface area contributed by atoms with Crippen molar-refractivity contribution in [3.8, 4) is 11.1 Å². The van der Waals surface area contributed by atoms with Crippen LogP contribution in [0.25, 0.3) is 22.2 Å². The number of fused-ring (bicyclic) bond motifs is 1. The molecule has 0 saturated carbocycles. The number of aliphatic hydroxyl groups is 1. The summed E-state index contributed by atoms with van der Waals surface area (Å²) < 4.78 is 0. The van der Waals surface area contributed by atoms with Gasteiger partial charge in [-0.25, -0.2) is 4.98 Å². The number of pyridine rings is 1. The first-order valence-corrected chi connectivity index (χ1v) is 8.73. The molecule has 0 amide bonds. The molecule has 0 spiro atoms. The first kappa shape index (κ1) is 15.4. The van der Waals surface area contributed by atoms with Gasteiger partial charge in [0.1, 0.15) is 5.65 Å². The van der Waals surface area contributed by atoms with Gasteiger partial charge >= 0.3 is 0 Å². The predicted molar refractivity (Wildman–Crippen MR) is 96.6 cm³/mol. The number of aromatic amines is 1. The van der Waals surface area contributed by atoms with E-state index >= 15 is 0 Å². The second-order valence-electron chi connectivity index (χ2n) is 6.57. The molecule has 2 N–H and O–H groups in total.